The van der Waals surface area contributed by atoms with E-state index in [1.54, 1.807) is 24.4 Å². The van der Waals surface area contributed by atoms with Crippen molar-refractivity contribution >= 4 is 22.4 Å². The van der Waals surface area contributed by atoms with Crippen LogP contribution in [0.15, 0.2) is 65.6 Å². The summed E-state index contributed by atoms with van der Waals surface area (Å²) in [4.78, 5) is 27.8. The number of rotatable bonds is 7. The summed E-state index contributed by atoms with van der Waals surface area (Å²) in [5.74, 6) is -1.40. The zero-order chi connectivity index (χ0) is 23.5. The van der Waals surface area contributed by atoms with Crippen molar-refractivity contribution in [2.24, 2.45) is 0 Å². The number of fused-ring (bicyclic) bond motifs is 1. The topological polar surface area (TPSA) is 63.6 Å². The predicted molar refractivity (Wildman–Crippen MR) is 117 cm³/mol. The van der Waals surface area contributed by atoms with E-state index in [2.05, 4.69) is 5.32 Å². The number of ether oxygens (including phenoxy) is 1. The number of amides is 1. The van der Waals surface area contributed by atoms with Crippen LogP contribution in [-0.2, 0) is 21.7 Å². The van der Waals surface area contributed by atoms with Crippen LogP contribution < -0.4 is 10.9 Å². The Labute approximate surface area is 183 Å². The van der Waals surface area contributed by atoms with Crippen LogP contribution in [0.3, 0.4) is 0 Å². The first kappa shape index (κ1) is 23.5. The summed E-state index contributed by atoms with van der Waals surface area (Å²) in [5.41, 5.74) is -3.76. The van der Waals surface area contributed by atoms with E-state index >= 15 is 0 Å². The van der Waals surface area contributed by atoms with Gasteiger partial charge in [-0.1, -0.05) is 36.4 Å². The predicted octanol–water partition coefficient (Wildman–Crippen LogP) is 3.61. The fourth-order valence-corrected chi connectivity index (χ4v) is 3.54. The molecule has 0 fully saturated rings. The van der Waals surface area contributed by atoms with E-state index in [1.165, 1.54) is 41.0 Å². The molecular formula is C23H24F3N3O3. The van der Waals surface area contributed by atoms with Gasteiger partial charge < -0.3 is 19.5 Å². The second-order valence-electron chi connectivity index (χ2n) is 7.59. The van der Waals surface area contributed by atoms with Crippen molar-refractivity contribution in [2.75, 3.05) is 33.1 Å². The molecule has 0 saturated carbocycles. The van der Waals surface area contributed by atoms with E-state index in [0.29, 0.717) is 23.9 Å². The number of carbonyl (C=O) groups is 1. The first-order chi connectivity index (χ1) is 15.1. The van der Waals surface area contributed by atoms with Gasteiger partial charge in [-0.15, -0.1) is 0 Å². The number of hydrogen-bond acceptors (Lipinski definition) is 4. The van der Waals surface area contributed by atoms with Crippen molar-refractivity contribution in [1.29, 1.82) is 0 Å². The molecule has 1 heterocycles. The van der Waals surface area contributed by atoms with Gasteiger partial charge in [0.2, 0.25) is 0 Å². The molecule has 1 atom stereocenters. The van der Waals surface area contributed by atoms with E-state index < -0.39 is 17.7 Å². The average Bonchev–Trinajstić information content (AvgIpc) is 2.74. The maximum absolute atomic E-state index is 14.2. The number of halogens is 3. The van der Waals surface area contributed by atoms with Crippen molar-refractivity contribution in [1.82, 2.24) is 9.47 Å². The summed E-state index contributed by atoms with van der Waals surface area (Å²) >= 11 is 0. The lowest BCUT2D eigenvalue weighted by atomic mass is 9.91. The molecule has 0 aliphatic carbocycles. The molecule has 3 aromatic rings. The summed E-state index contributed by atoms with van der Waals surface area (Å²) < 4.78 is 48.8. The molecule has 170 valence electrons. The molecular weight excluding hydrogens is 423 g/mol. The Kier molecular flexibility index (Phi) is 6.71. The number of aromatic nitrogens is 1. The number of alkyl halides is 3. The number of benzene rings is 2. The van der Waals surface area contributed by atoms with Gasteiger partial charge in [0.05, 0.1) is 0 Å². The minimum atomic E-state index is -5.03. The Morgan fingerprint density at radius 1 is 1.03 bits per heavy atom. The molecule has 0 aliphatic heterocycles. The number of anilines is 1. The number of carbonyl (C=O) groups excluding carboxylic acids is 1. The molecule has 3 rings (SSSR count). The maximum atomic E-state index is 14.2. The van der Waals surface area contributed by atoms with E-state index in [1.807, 2.05) is 19.0 Å². The normalized spacial score (nSPS) is 13.8. The Hall–Kier alpha value is -3.17. The molecule has 0 spiro atoms. The highest BCUT2D eigenvalue weighted by Gasteiger charge is 2.62. The lowest BCUT2D eigenvalue weighted by Gasteiger charge is -2.33. The first-order valence-corrected chi connectivity index (χ1v) is 9.87. The summed E-state index contributed by atoms with van der Waals surface area (Å²) in [7, 11) is 4.61. The Morgan fingerprint density at radius 3 is 2.31 bits per heavy atom. The van der Waals surface area contributed by atoms with E-state index in [9.17, 15) is 22.8 Å². The second-order valence-corrected chi connectivity index (χ2v) is 7.59. The van der Waals surface area contributed by atoms with Crippen LogP contribution >= 0.6 is 0 Å². The van der Waals surface area contributed by atoms with E-state index in [4.69, 9.17) is 4.74 Å². The van der Waals surface area contributed by atoms with E-state index in [0.717, 1.165) is 7.11 Å². The Bertz CT molecular complexity index is 1160. The third-order valence-electron chi connectivity index (χ3n) is 5.26. The van der Waals surface area contributed by atoms with Crippen LogP contribution in [0.1, 0.15) is 5.56 Å². The maximum Gasteiger partial charge on any atom is 0.430 e. The summed E-state index contributed by atoms with van der Waals surface area (Å²) in [6, 6.07) is 12.9. The standard InChI is InChI=1S/C23H24F3N3O3/c1-28(2)14-15-29-13-12-17-18(20(29)30)10-7-11-19(17)27-21(31)22(32-3,23(24,25)26)16-8-5-4-6-9-16/h4-13H,14-15H2,1-3H3,(H,27,31)/t22-/m0/s1. The third-order valence-corrected chi connectivity index (χ3v) is 5.26. The summed E-state index contributed by atoms with van der Waals surface area (Å²) in [6.07, 6.45) is -3.47. The number of nitrogens with one attached hydrogen (secondary N) is 1. The van der Waals surface area contributed by atoms with Crippen LogP contribution in [0.5, 0.6) is 0 Å². The lowest BCUT2D eigenvalue weighted by Crippen LogP contribution is -2.53. The highest BCUT2D eigenvalue weighted by Crippen LogP contribution is 2.43. The molecule has 1 aromatic heterocycles. The van der Waals surface area contributed by atoms with Gasteiger partial charge in [0, 0.05) is 48.4 Å². The fourth-order valence-electron chi connectivity index (χ4n) is 3.54. The second kappa shape index (κ2) is 9.13. The highest BCUT2D eigenvalue weighted by molar-refractivity contribution is 6.05. The molecule has 32 heavy (non-hydrogen) atoms. The Balaban J connectivity index is 2.05. The van der Waals surface area contributed by atoms with E-state index in [-0.39, 0.29) is 16.8 Å². The van der Waals surface area contributed by atoms with Gasteiger partial charge in [-0.3, -0.25) is 9.59 Å². The zero-order valence-corrected chi connectivity index (χ0v) is 17.9. The minimum absolute atomic E-state index is 0.0889. The summed E-state index contributed by atoms with van der Waals surface area (Å²) in [6.45, 7) is 1.09. The molecule has 1 amide bonds. The minimum Gasteiger partial charge on any atom is -0.356 e. The van der Waals surface area contributed by atoms with Gasteiger partial charge in [0.25, 0.3) is 17.1 Å². The van der Waals surface area contributed by atoms with Crippen LogP contribution in [0.4, 0.5) is 18.9 Å². The molecule has 0 radical (unpaired) electrons. The highest BCUT2D eigenvalue weighted by atomic mass is 19.4. The third kappa shape index (κ3) is 4.26. The Morgan fingerprint density at radius 2 is 1.72 bits per heavy atom. The van der Waals surface area contributed by atoms with Crippen molar-refractivity contribution in [2.45, 2.75) is 18.3 Å². The molecule has 6 nitrogen and oxygen atoms in total. The quantitative estimate of drug-likeness (QED) is 0.601. The van der Waals surface area contributed by atoms with Crippen molar-refractivity contribution < 1.29 is 22.7 Å². The van der Waals surface area contributed by atoms with Crippen LogP contribution in [-0.4, -0.2) is 49.3 Å². The largest absolute Gasteiger partial charge is 0.430 e. The van der Waals surface area contributed by atoms with Gasteiger partial charge in [-0.05, 0) is 32.3 Å². The van der Waals surface area contributed by atoms with Crippen molar-refractivity contribution in [3.8, 4) is 0 Å². The summed E-state index contributed by atoms with van der Waals surface area (Å²) in [5, 5.41) is 2.97. The molecule has 2 aromatic carbocycles. The molecule has 0 unspecified atom stereocenters. The first-order valence-electron chi connectivity index (χ1n) is 9.87. The van der Waals surface area contributed by atoms with Gasteiger partial charge in [0.15, 0.2) is 0 Å². The number of likely N-dealkylation sites (N-methyl/N-ethyl adjacent to an activating group) is 1. The fraction of sp³-hybridized carbons (Fsp3) is 0.304. The molecule has 1 N–H and O–H groups in total. The zero-order valence-electron chi connectivity index (χ0n) is 17.9. The number of nitrogens with zero attached hydrogens (tertiary/aromatic N) is 2. The van der Waals surface area contributed by atoms with Gasteiger partial charge in [-0.2, -0.15) is 13.2 Å². The molecule has 9 heteroatoms. The van der Waals surface area contributed by atoms with Crippen LogP contribution in [0.25, 0.3) is 10.8 Å². The van der Waals surface area contributed by atoms with Gasteiger partial charge in [-0.25, -0.2) is 0 Å². The number of methoxy groups -OCH3 is 1. The SMILES string of the molecule is CO[C@](C(=O)Nc1cccc2c(=O)n(CCN(C)C)ccc12)(c1ccccc1)C(F)(F)F. The average molecular weight is 447 g/mol. The van der Waals surface area contributed by atoms with Crippen molar-refractivity contribution in [3.05, 3.63) is 76.7 Å². The monoisotopic (exact) mass is 447 g/mol. The lowest BCUT2D eigenvalue weighted by molar-refractivity contribution is -0.263. The smallest absolute Gasteiger partial charge is 0.356 e. The molecule has 0 saturated heterocycles. The van der Waals surface area contributed by atoms with Crippen molar-refractivity contribution in [3.63, 3.8) is 0 Å². The van der Waals surface area contributed by atoms with Gasteiger partial charge in [0.1, 0.15) is 0 Å². The van der Waals surface area contributed by atoms with Crippen LogP contribution in [0.2, 0.25) is 0 Å². The number of pyridine rings is 1. The molecule has 0 bridgehead atoms. The van der Waals surface area contributed by atoms with Crippen LogP contribution in [0, 0.1) is 0 Å². The number of hydrogen-bond donors (Lipinski definition) is 1. The van der Waals surface area contributed by atoms with Gasteiger partial charge >= 0.3 is 6.18 Å². The molecule has 0 aliphatic rings.